The van der Waals surface area contributed by atoms with Crippen LogP contribution in [0.5, 0.6) is 0 Å². The number of aromatic nitrogens is 2. The van der Waals surface area contributed by atoms with Crippen LogP contribution in [0.2, 0.25) is 0 Å². The van der Waals surface area contributed by atoms with E-state index in [0.29, 0.717) is 5.92 Å². The molecule has 4 rings (SSSR count). The largest absolute Gasteiger partial charge is 0.369 e. The number of rotatable bonds is 1. The molecule has 19 heavy (non-hydrogen) atoms. The minimum absolute atomic E-state index is 0.234. The van der Waals surface area contributed by atoms with Crippen LogP contribution in [-0.2, 0) is 11.3 Å². The molecule has 0 radical (unpaired) electrons. The molecule has 4 nitrogen and oxygen atoms in total. The maximum atomic E-state index is 6.13. The lowest BCUT2D eigenvalue weighted by atomic mass is 9.90. The van der Waals surface area contributed by atoms with Crippen molar-refractivity contribution in [3.63, 3.8) is 0 Å². The number of hydrogen-bond donors (Lipinski definition) is 1. The first-order chi connectivity index (χ1) is 9.43. The van der Waals surface area contributed by atoms with Crippen LogP contribution in [0.15, 0.2) is 24.3 Å². The Kier molecular flexibility index (Phi) is 2.78. The number of quaternary nitrogens is 1. The molecular weight excluding hydrogens is 238 g/mol. The number of ether oxygens (including phenoxy) is 1. The highest BCUT2D eigenvalue weighted by molar-refractivity contribution is 5.82. The fraction of sp³-hybridized carbons (Fsp3) is 0.533. The third kappa shape index (κ3) is 1.86. The summed E-state index contributed by atoms with van der Waals surface area (Å²) >= 11 is 0. The molecule has 1 saturated heterocycles. The van der Waals surface area contributed by atoms with E-state index < -0.39 is 0 Å². The van der Waals surface area contributed by atoms with Gasteiger partial charge in [0.25, 0.3) is 0 Å². The van der Waals surface area contributed by atoms with E-state index in [2.05, 4.69) is 34.3 Å². The molecule has 0 amide bonds. The Morgan fingerprint density at radius 3 is 3.16 bits per heavy atom. The third-order valence-electron chi connectivity index (χ3n) is 4.44. The molecule has 0 aliphatic carbocycles. The van der Waals surface area contributed by atoms with Crippen molar-refractivity contribution >= 4 is 10.9 Å². The van der Waals surface area contributed by atoms with E-state index >= 15 is 0 Å². The Hall–Kier alpha value is -1.39. The average molecular weight is 258 g/mol. The van der Waals surface area contributed by atoms with E-state index in [0.717, 1.165) is 18.7 Å². The van der Waals surface area contributed by atoms with E-state index in [1.807, 2.05) is 0 Å². The normalized spacial score (nSPS) is 27.4. The highest BCUT2D eigenvalue weighted by atomic mass is 16.5. The third-order valence-corrected chi connectivity index (χ3v) is 4.44. The number of nitrogens with zero attached hydrogens (tertiary/aromatic N) is 2. The van der Waals surface area contributed by atoms with Gasteiger partial charge in [0.2, 0.25) is 0 Å². The van der Waals surface area contributed by atoms with Gasteiger partial charge in [-0.15, -0.1) is 0 Å². The second-order valence-electron chi connectivity index (χ2n) is 5.63. The lowest BCUT2D eigenvalue weighted by Gasteiger charge is -2.32. The van der Waals surface area contributed by atoms with Gasteiger partial charge in [0, 0.05) is 11.3 Å². The van der Waals surface area contributed by atoms with Gasteiger partial charge in [0.05, 0.1) is 37.5 Å². The van der Waals surface area contributed by atoms with Gasteiger partial charge in [0.1, 0.15) is 6.10 Å². The Morgan fingerprint density at radius 2 is 2.26 bits per heavy atom. The van der Waals surface area contributed by atoms with Gasteiger partial charge in [-0.1, -0.05) is 18.2 Å². The van der Waals surface area contributed by atoms with Crippen molar-refractivity contribution < 1.29 is 10.1 Å². The van der Waals surface area contributed by atoms with Crippen LogP contribution in [0.4, 0.5) is 0 Å². The quantitative estimate of drug-likeness (QED) is 0.832. The molecule has 3 heterocycles. The average Bonchev–Trinajstić information content (AvgIpc) is 2.86. The SMILES string of the molecule is c1ccc2c3n(nc2c1)CCOC3C1CCC[NH2+]C1. The van der Waals surface area contributed by atoms with Gasteiger partial charge >= 0.3 is 0 Å². The molecular formula is C15H20N3O+. The standard InChI is InChI=1S/C15H19N3O/c1-2-6-13-12(5-1)14-15(11-4-3-7-16-10-11)19-9-8-18(14)17-13/h1-2,5-6,11,15-16H,3-4,7-10H2/p+1. The molecule has 2 atom stereocenters. The zero-order valence-corrected chi connectivity index (χ0v) is 11.1. The first-order valence-corrected chi connectivity index (χ1v) is 7.32. The molecule has 0 saturated carbocycles. The molecule has 2 aliphatic heterocycles. The Bertz CT molecular complexity index is 586. The maximum Gasteiger partial charge on any atom is 0.108 e. The Morgan fingerprint density at radius 1 is 1.32 bits per heavy atom. The number of hydrogen-bond acceptors (Lipinski definition) is 2. The number of benzene rings is 1. The van der Waals surface area contributed by atoms with E-state index in [1.165, 1.54) is 37.0 Å². The smallest absolute Gasteiger partial charge is 0.108 e. The first-order valence-electron chi connectivity index (χ1n) is 7.32. The fourth-order valence-electron chi connectivity index (χ4n) is 3.52. The van der Waals surface area contributed by atoms with Crippen molar-refractivity contribution in [1.82, 2.24) is 9.78 Å². The summed E-state index contributed by atoms with van der Waals surface area (Å²) in [6.45, 7) is 4.13. The van der Waals surface area contributed by atoms with E-state index in [4.69, 9.17) is 9.84 Å². The first kappa shape index (κ1) is 11.4. The van der Waals surface area contributed by atoms with Crippen molar-refractivity contribution in [2.45, 2.75) is 25.5 Å². The zero-order valence-electron chi connectivity index (χ0n) is 11.1. The number of piperidine rings is 1. The van der Waals surface area contributed by atoms with Crippen molar-refractivity contribution in [1.29, 1.82) is 0 Å². The topological polar surface area (TPSA) is 43.7 Å². The highest BCUT2D eigenvalue weighted by Crippen LogP contribution is 2.36. The molecule has 2 aromatic rings. The van der Waals surface area contributed by atoms with Crippen LogP contribution in [0.3, 0.4) is 0 Å². The lowest BCUT2D eigenvalue weighted by molar-refractivity contribution is -0.670. The Balaban J connectivity index is 1.80. The van der Waals surface area contributed by atoms with Crippen LogP contribution < -0.4 is 5.32 Å². The summed E-state index contributed by atoms with van der Waals surface area (Å²) in [7, 11) is 0. The van der Waals surface area contributed by atoms with Gasteiger partial charge < -0.3 is 10.1 Å². The molecule has 2 N–H and O–H groups in total. The molecule has 1 aromatic carbocycles. The monoisotopic (exact) mass is 258 g/mol. The summed E-state index contributed by atoms with van der Waals surface area (Å²) in [5.41, 5.74) is 2.41. The van der Waals surface area contributed by atoms with Gasteiger partial charge in [-0.2, -0.15) is 5.10 Å². The van der Waals surface area contributed by atoms with Crippen LogP contribution in [-0.4, -0.2) is 29.5 Å². The molecule has 100 valence electrons. The fourth-order valence-corrected chi connectivity index (χ4v) is 3.52. The summed E-state index contributed by atoms with van der Waals surface area (Å²) in [5, 5.41) is 8.43. The van der Waals surface area contributed by atoms with E-state index in [-0.39, 0.29) is 6.10 Å². The highest BCUT2D eigenvalue weighted by Gasteiger charge is 2.34. The van der Waals surface area contributed by atoms with E-state index in [9.17, 15) is 0 Å². The second-order valence-corrected chi connectivity index (χ2v) is 5.63. The zero-order chi connectivity index (χ0) is 12.7. The number of nitrogens with two attached hydrogens (primary N) is 1. The van der Waals surface area contributed by atoms with Crippen LogP contribution in [0.1, 0.15) is 24.6 Å². The molecule has 0 spiro atoms. The summed E-state index contributed by atoms with van der Waals surface area (Å²) < 4.78 is 8.30. The summed E-state index contributed by atoms with van der Waals surface area (Å²) in [6.07, 6.45) is 2.81. The molecule has 0 bridgehead atoms. The molecule has 2 unspecified atom stereocenters. The Labute approximate surface area is 112 Å². The van der Waals surface area contributed by atoms with Gasteiger partial charge in [-0.3, -0.25) is 4.68 Å². The van der Waals surface area contributed by atoms with Crippen LogP contribution in [0, 0.1) is 5.92 Å². The minimum Gasteiger partial charge on any atom is -0.369 e. The van der Waals surface area contributed by atoms with Crippen LogP contribution >= 0.6 is 0 Å². The van der Waals surface area contributed by atoms with Crippen molar-refractivity contribution in [3.05, 3.63) is 30.0 Å². The summed E-state index contributed by atoms with van der Waals surface area (Å²) in [6, 6.07) is 8.45. The van der Waals surface area contributed by atoms with Crippen molar-refractivity contribution in [2.24, 2.45) is 5.92 Å². The van der Waals surface area contributed by atoms with Gasteiger partial charge in [-0.25, -0.2) is 0 Å². The summed E-state index contributed by atoms with van der Waals surface area (Å²) in [4.78, 5) is 0. The van der Waals surface area contributed by atoms with Gasteiger partial charge in [0.15, 0.2) is 0 Å². The van der Waals surface area contributed by atoms with Crippen molar-refractivity contribution in [2.75, 3.05) is 19.7 Å². The molecule has 4 heteroatoms. The van der Waals surface area contributed by atoms with Crippen LogP contribution in [0.25, 0.3) is 10.9 Å². The maximum absolute atomic E-state index is 6.13. The number of fused-ring (bicyclic) bond motifs is 3. The molecule has 1 aromatic heterocycles. The van der Waals surface area contributed by atoms with Gasteiger partial charge in [-0.05, 0) is 18.9 Å². The predicted molar refractivity (Wildman–Crippen MR) is 72.8 cm³/mol. The molecule has 1 fully saturated rings. The minimum atomic E-state index is 0.234. The molecule has 2 aliphatic rings. The van der Waals surface area contributed by atoms with Crippen molar-refractivity contribution in [3.8, 4) is 0 Å². The second kappa shape index (κ2) is 4.62. The lowest BCUT2D eigenvalue weighted by Crippen LogP contribution is -2.87. The predicted octanol–water partition coefficient (Wildman–Crippen LogP) is 1.08. The summed E-state index contributed by atoms with van der Waals surface area (Å²) in [5.74, 6) is 0.632. The van der Waals surface area contributed by atoms with E-state index in [1.54, 1.807) is 0 Å².